The lowest BCUT2D eigenvalue weighted by atomic mass is 9.98. The maximum atomic E-state index is 12.2. The number of aromatic hydroxyl groups is 1. The Morgan fingerprint density at radius 1 is 1.43 bits per heavy atom. The van der Waals surface area contributed by atoms with E-state index < -0.39 is 5.56 Å². The van der Waals surface area contributed by atoms with Crippen LogP contribution in [0.2, 0.25) is 5.02 Å². The Balaban J connectivity index is 2.67. The van der Waals surface area contributed by atoms with Gasteiger partial charge in [0.05, 0.1) is 5.69 Å². The second-order valence-electron chi connectivity index (χ2n) is 5.51. The molecule has 2 rings (SSSR count). The maximum absolute atomic E-state index is 12.2. The molecule has 0 bridgehead atoms. The zero-order chi connectivity index (χ0) is 17.1. The molecule has 0 aliphatic rings. The van der Waals surface area contributed by atoms with Crippen molar-refractivity contribution >= 4 is 29.9 Å². The van der Waals surface area contributed by atoms with E-state index in [1.807, 2.05) is 6.92 Å². The molecule has 2 aromatic rings. The third kappa shape index (κ3) is 3.74. The summed E-state index contributed by atoms with van der Waals surface area (Å²) in [7, 11) is 0. The van der Waals surface area contributed by atoms with Gasteiger partial charge in [-0.1, -0.05) is 31.0 Å². The van der Waals surface area contributed by atoms with Gasteiger partial charge in [0, 0.05) is 5.02 Å². The summed E-state index contributed by atoms with van der Waals surface area (Å²) in [6.07, 6.45) is 2.67. The van der Waals surface area contributed by atoms with Crippen molar-refractivity contribution in [2.24, 2.45) is 5.92 Å². The Bertz CT molecular complexity index is 850. The molecule has 122 valence electrons. The smallest absolute Gasteiger partial charge is 0.262 e. The van der Waals surface area contributed by atoms with Crippen LogP contribution < -0.4 is 5.56 Å². The van der Waals surface area contributed by atoms with Gasteiger partial charge in [-0.2, -0.15) is 0 Å². The van der Waals surface area contributed by atoms with E-state index in [2.05, 4.69) is 18.8 Å². The van der Waals surface area contributed by atoms with Gasteiger partial charge in [0.1, 0.15) is 5.56 Å². The van der Waals surface area contributed by atoms with Crippen molar-refractivity contribution in [1.82, 2.24) is 9.55 Å². The predicted molar refractivity (Wildman–Crippen MR) is 97.0 cm³/mol. The average Bonchev–Trinajstić information content (AvgIpc) is 2.52. The summed E-state index contributed by atoms with van der Waals surface area (Å²) in [5.74, 6) is 0.143. The standard InChI is InChI=1S/C17H19ClN2O2S/c1-4-10(2)11(3)9-14-15(21)19-17(23)20(16(14)22)13-7-5-12(18)6-8-13/h5-10,22H,4H2,1-3H3,(H,19,21,23). The van der Waals surface area contributed by atoms with Gasteiger partial charge in [0.15, 0.2) is 4.77 Å². The Morgan fingerprint density at radius 3 is 2.61 bits per heavy atom. The number of nitrogens with zero attached hydrogens (tertiary/aromatic N) is 1. The summed E-state index contributed by atoms with van der Waals surface area (Å²) in [5, 5.41) is 11.2. The minimum absolute atomic E-state index is 0.133. The molecule has 1 unspecified atom stereocenters. The highest BCUT2D eigenvalue weighted by Gasteiger charge is 2.13. The van der Waals surface area contributed by atoms with Gasteiger partial charge in [-0.15, -0.1) is 0 Å². The number of hydrogen-bond acceptors (Lipinski definition) is 3. The first-order valence-electron chi connectivity index (χ1n) is 7.37. The van der Waals surface area contributed by atoms with Crippen molar-refractivity contribution < 1.29 is 5.11 Å². The first kappa shape index (κ1) is 17.5. The predicted octanol–water partition coefficient (Wildman–Crippen LogP) is 4.70. The maximum Gasteiger partial charge on any atom is 0.262 e. The Labute approximate surface area is 145 Å². The van der Waals surface area contributed by atoms with Crippen LogP contribution in [-0.4, -0.2) is 14.7 Å². The van der Waals surface area contributed by atoms with Crippen LogP contribution in [0, 0.1) is 10.7 Å². The van der Waals surface area contributed by atoms with Crippen molar-refractivity contribution in [3.63, 3.8) is 0 Å². The second kappa shape index (κ2) is 7.15. The molecular weight excluding hydrogens is 332 g/mol. The van der Waals surface area contributed by atoms with E-state index in [0.717, 1.165) is 12.0 Å². The van der Waals surface area contributed by atoms with E-state index in [1.54, 1.807) is 30.3 Å². The van der Waals surface area contributed by atoms with Gasteiger partial charge < -0.3 is 5.11 Å². The molecule has 4 nitrogen and oxygen atoms in total. The number of H-pyrrole nitrogens is 1. The fourth-order valence-electron chi connectivity index (χ4n) is 2.19. The van der Waals surface area contributed by atoms with Crippen LogP contribution in [0.1, 0.15) is 32.8 Å². The Morgan fingerprint density at radius 2 is 2.04 bits per heavy atom. The number of aromatic amines is 1. The number of rotatable bonds is 4. The zero-order valence-corrected chi connectivity index (χ0v) is 14.8. The normalized spacial score (nSPS) is 13.1. The summed E-state index contributed by atoms with van der Waals surface area (Å²) in [6.45, 7) is 6.10. The minimum atomic E-state index is -0.402. The van der Waals surface area contributed by atoms with Gasteiger partial charge in [0.25, 0.3) is 5.56 Å². The molecule has 1 atom stereocenters. The van der Waals surface area contributed by atoms with E-state index in [9.17, 15) is 9.90 Å². The molecule has 1 aromatic carbocycles. The van der Waals surface area contributed by atoms with Gasteiger partial charge in [-0.05, 0) is 61.8 Å². The topological polar surface area (TPSA) is 58.0 Å². The third-order valence-electron chi connectivity index (χ3n) is 3.97. The Hall–Kier alpha value is -1.85. The van der Waals surface area contributed by atoms with Crippen LogP contribution in [0.25, 0.3) is 11.8 Å². The Kier molecular flexibility index (Phi) is 5.44. The number of hydrogen-bond donors (Lipinski definition) is 2. The minimum Gasteiger partial charge on any atom is -0.494 e. The summed E-state index contributed by atoms with van der Waals surface area (Å²) < 4.78 is 1.55. The fourth-order valence-corrected chi connectivity index (χ4v) is 2.60. The highest BCUT2D eigenvalue weighted by molar-refractivity contribution is 7.71. The monoisotopic (exact) mass is 350 g/mol. The first-order chi connectivity index (χ1) is 10.8. The quantitative estimate of drug-likeness (QED) is 0.785. The number of benzene rings is 1. The summed E-state index contributed by atoms with van der Waals surface area (Å²) in [5.41, 5.74) is 1.45. The number of aromatic nitrogens is 2. The van der Waals surface area contributed by atoms with Crippen molar-refractivity contribution in [1.29, 1.82) is 0 Å². The first-order valence-corrected chi connectivity index (χ1v) is 8.16. The van der Waals surface area contributed by atoms with Crippen LogP contribution in [0.15, 0.2) is 34.6 Å². The van der Waals surface area contributed by atoms with Crippen LogP contribution in [0.3, 0.4) is 0 Å². The van der Waals surface area contributed by atoms with Crippen molar-refractivity contribution in [3.8, 4) is 11.6 Å². The molecule has 23 heavy (non-hydrogen) atoms. The van der Waals surface area contributed by atoms with E-state index in [0.29, 0.717) is 16.6 Å². The highest BCUT2D eigenvalue weighted by Crippen LogP contribution is 2.24. The largest absolute Gasteiger partial charge is 0.494 e. The average molecular weight is 351 g/mol. The van der Waals surface area contributed by atoms with Gasteiger partial charge in [-0.3, -0.25) is 14.3 Å². The lowest BCUT2D eigenvalue weighted by Gasteiger charge is -2.13. The SMILES string of the molecule is CCC(C)C(C)=Cc1c(O)n(-c2ccc(Cl)cc2)c(=S)[nH]c1=O. The molecule has 0 spiro atoms. The molecule has 0 fully saturated rings. The van der Waals surface area contributed by atoms with E-state index in [4.69, 9.17) is 23.8 Å². The van der Waals surface area contributed by atoms with E-state index >= 15 is 0 Å². The van der Waals surface area contributed by atoms with Crippen LogP contribution in [0.5, 0.6) is 5.88 Å². The molecule has 0 radical (unpaired) electrons. The number of nitrogens with one attached hydrogen (secondary N) is 1. The zero-order valence-electron chi connectivity index (χ0n) is 13.3. The summed E-state index contributed by atoms with van der Waals surface area (Å²) >= 11 is 11.1. The highest BCUT2D eigenvalue weighted by atomic mass is 35.5. The third-order valence-corrected chi connectivity index (χ3v) is 4.50. The lowest BCUT2D eigenvalue weighted by molar-refractivity contribution is 0.432. The summed E-state index contributed by atoms with van der Waals surface area (Å²) in [4.78, 5) is 14.8. The molecule has 0 amide bonds. The van der Waals surface area contributed by atoms with Crippen molar-refractivity contribution in [2.45, 2.75) is 27.2 Å². The molecule has 0 saturated carbocycles. The number of halogens is 1. The van der Waals surface area contributed by atoms with Crippen LogP contribution >= 0.6 is 23.8 Å². The van der Waals surface area contributed by atoms with Crippen LogP contribution in [0.4, 0.5) is 0 Å². The van der Waals surface area contributed by atoms with Gasteiger partial charge >= 0.3 is 0 Å². The molecule has 0 saturated heterocycles. The molecule has 2 N–H and O–H groups in total. The second-order valence-corrected chi connectivity index (χ2v) is 6.33. The van der Waals surface area contributed by atoms with E-state index in [-0.39, 0.29) is 16.2 Å². The molecule has 0 aliphatic carbocycles. The fraction of sp³-hybridized carbons (Fsp3) is 0.294. The molecule has 1 aromatic heterocycles. The van der Waals surface area contributed by atoms with Gasteiger partial charge in [-0.25, -0.2) is 0 Å². The molecule has 6 heteroatoms. The van der Waals surface area contributed by atoms with Gasteiger partial charge in [0.2, 0.25) is 5.88 Å². The van der Waals surface area contributed by atoms with Crippen molar-refractivity contribution in [3.05, 3.63) is 55.5 Å². The van der Waals surface area contributed by atoms with Crippen LogP contribution in [-0.2, 0) is 0 Å². The van der Waals surface area contributed by atoms with Crippen molar-refractivity contribution in [2.75, 3.05) is 0 Å². The summed E-state index contributed by atoms with van der Waals surface area (Å²) in [6, 6.07) is 6.85. The number of allylic oxidation sites excluding steroid dienone is 1. The molecule has 1 heterocycles. The lowest BCUT2D eigenvalue weighted by Crippen LogP contribution is -2.16. The molecular formula is C17H19ClN2O2S. The molecule has 0 aliphatic heterocycles. The van der Waals surface area contributed by atoms with E-state index in [1.165, 1.54) is 4.57 Å².